The molecule has 1 atom stereocenters. The lowest BCUT2D eigenvalue weighted by Gasteiger charge is -2.28. The van der Waals surface area contributed by atoms with Crippen LogP contribution in [0.1, 0.15) is 43.5 Å². The van der Waals surface area contributed by atoms with Gasteiger partial charge in [-0.1, -0.05) is 44.5 Å². The molecule has 0 radical (unpaired) electrons. The van der Waals surface area contributed by atoms with Crippen LogP contribution < -0.4 is 5.32 Å². The molecule has 2 nitrogen and oxygen atoms in total. The summed E-state index contributed by atoms with van der Waals surface area (Å²) in [5, 5.41) is 4.30. The van der Waals surface area contributed by atoms with Crippen LogP contribution >= 0.6 is 0 Å². The highest BCUT2D eigenvalue weighted by molar-refractivity contribution is 6.07. The second-order valence-corrected chi connectivity index (χ2v) is 6.55. The molecule has 1 N–H and O–H groups in total. The van der Waals surface area contributed by atoms with Gasteiger partial charge in [-0.3, -0.25) is 4.79 Å². The molecule has 1 amide bonds. The fourth-order valence-electron chi connectivity index (χ4n) is 3.29. The SMILES string of the molecule is CC1(C)CCCC1NC(=O)c1ccc(F)c2ccccc12. The standard InChI is InChI=1S/C18H20FNO/c1-18(2)11-5-8-16(18)20-17(21)14-9-10-15(19)13-7-4-3-6-12(13)14/h3-4,6-7,9-10,16H,5,8,11H2,1-2H3,(H,20,21). The minimum Gasteiger partial charge on any atom is -0.349 e. The zero-order valence-electron chi connectivity index (χ0n) is 12.4. The van der Waals surface area contributed by atoms with Crippen LogP contribution in [0.4, 0.5) is 4.39 Å². The van der Waals surface area contributed by atoms with Crippen LogP contribution in [-0.4, -0.2) is 11.9 Å². The fraction of sp³-hybridized carbons (Fsp3) is 0.389. The van der Waals surface area contributed by atoms with Crippen molar-refractivity contribution in [3.63, 3.8) is 0 Å². The third-order valence-electron chi connectivity index (χ3n) is 4.68. The summed E-state index contributed by atoms with van der Waals surface area (Å²) in [6, 6.07) is 10.3. The summed E-state index contributed by atoms with van der Waals surface area (Å²) >= 11 is 0. The summed E-state index contributed by atoms with van der Waals surface area (Å²) in [6.07, 6.45) is 3.28. The first-order chi connectivity index (χ1) is 9.99. The first-order valence-electron chi connectivity index (χ1n) is 7.47. The van der Waals surface area contributed by atoms with Crippen molar-refractivity contribution in [2.24, 2.45) is 5.41 Å². The Morgan fingerprint density at radius 1 is 1.19 bits per heavy atom. The molecule has 0 bridgehead atoms. The molecule has 2 aromatic carbocycles. The van der Waals surface area contributed by atoms with Crippen molar-refractivity contribution in [1.82, 2.24) is 5.32 Å². The molecule has 1 unspecified atom stereocenters. The van der Waals surface area contributed by atoms with Crippen molar-refractivity contribution < 1.29 is 9.18 Å². The van der Waals surface area contributed by atoms with E-state index >= 15 is 0 Å². The normalized spacial score (nSPS) is 20.6. The number of halogens is 1. The molecule has 0 spiro atoms. The molecule has 1 saturated carbocycles. The molecule has 110 valence electrons. The monoisotopic (exact) mass is 285 g/mol. The van der Waals surface area contributed by atoms with Crippen LogP contribution in [0.2, 0.25) is 0 Å². The van der Waals surface area contributed by atoms with Crippen LogP contribution in [0.3, 0.4) is 0 Å². The molecule has 2 aromatic rings. The maximum atomic E-state index is 13.8. The number of fused-ring (bicyclic) bond motifs is 1. The highest BCUT2D eigenvalue weighted by Gasteiger charge is 2.35. The second kappa shape index (κ2) is 5.14. The van der Waals surface area contributed by atoms with Crippen molar-refractivity contribution in [2.45, 2.75) is 39.2 Å². The largest absolute Gasteiger partial charge is 0.349 e. The van der Waals surface area contributed by atoms with Crippen LogP contribution in [0.5, 0.6) is 0 Å². The van der Waals surface area contributed by atoms with E-state index < -0.39 is 0 Å². The molecule has 3 rings (SSSR count). The molecule has 3 heteroatoms. The quantitative estimate of drug-likeness (QED) is 0.876. The van der Waals surface area contributed by atoms with Crippen LogP contribution in [0.15, 0.2) is 36.4 Å². The van der Waals surface area contributed by atoms with Crippen molar-refractivity contribution in [3.05, 3.63) is 47.8 Å². The average molecular weight is 285 g/mol. The number of amides is 1. The van der Waals surface area contributed by atoms with E-state index in [4.69, 9.17) is 0 Å². The van der Waals surface area contributed by atoms with Crippen molar-refractivity contribution in [3.8, 4) is 0 Å². The summed E-state index contributed by atoms with van der Waals surface area (Å²) in [5.41, 5.74) is 0.681. The lowest BCUT2D eigenvalue weighted by molar-refractivity contribution is 0.0911. The van der Waals surface area contributed by atoms with Gasteiger partial charge in [0.25, 0.3) is 5.91 Å². The first kappa shape index (κ1) is 14.1. The molecule has 1 aliphatic carbocycles. The molecule has 1 fully saturated rings. The lowest BCUT2D eigenvalue weighted by Crippen LogP contribution is -2.41. The summed E-state index contributed by atoms with van der Waals surface area (Å²) in [6.45, 7) is 4.38. The van der Waals surface area contributed by atoms with Gasteiger partial charge < -0.3 is 5.32 Å². The smallest absolute Gasteiger partial charge is 0.252 e. The van der Waals surface area contributed by atoms with Gasteiger partial charge in [0.15, 0.2) is 0 Å². The molecule has 1 aliphatic rings. The van der Waals surface area contributed by atoms with E-state index in [1.54, 1.807) is 24.3 Å². The van der Waals surface area contributed by atoms with E-state index in [-0.39, 0.29) is 23.2 Å². The van der Waals surface area contributed by atoms with Crippen LogP contribution in [0.25, 0.3) is 10.8 Å². The Labute approximate surface area is 124 Å². The van der Waals surface area contributed by atoms with E-state index in [9.17, 15) is 9.18 Å². The molecular weight excluding hydrogens is 265 g/mol. The summed E-state index contributed by atoms with van der Waals surface area (Å²) in [7, 11) is 0. The Morgan fingerprint density at radius 3 is 2.57 bits per heavy atom. The molecule has 21 heavy (non-hydrogen) atoms. The van der Waals surface area contributed by atoms with E-state index in [0.717, 1.165) is 19.3 Å². The number of benzene rings is 2. The molecule has 0 saturated heterocycles. The minimum atomic E-state index is -0.289. The lowest BCUT2D eigenvalue weighted by atomic mass is 9.87. The number of carbonyl (C=O) groups is 1. The fourth-order valence-corrected chi connectivity index (χ4v) is 3.29. The maximum Gasteiger partial charge on any atom is 0.252 e. The Kier molecular flexibility index (Phi) is 3.44. The summed E-state index contributed by atoms with van der Waals surface area (Å²) in [5.74, 6) is -0.394. The van der Waals surface area contributed by atoms with Gasteiger partial charge in [0, 0.05) is 17.0 Å². The molecule has 0 aromatic heterocycles. The van der Waals surface area contributed by atoms with Gasteiger partial charge in [-0.05, 0) is 35.8 Å². The summed E-state index contributed by atoms with van der Waals surface area (Å²) < 4.78 is 13.8. The predicted octanol–water partition coefficient (Wildman–Crippen LogP) is 4.29. The number of nitrogens with one attached hydrogen (secondary N) is 1. The van der Waals surface area contributed by atoms with E-state index in [2.05, 4.69) is 19.2 Å². The summed E-state index contributed by atoms with van der Waals surface area (Å²) in [4.78, 5) is 12.6. The third kappa shape index (κ3) is 2.53. The second-order valence-electron chi connectivity index (χ2n) is 6.55. The Hall–Kier alpha value is -1.90. The van der Waals surface area contributed by atoms with Gasteiger partial charge in [0.05, 0.1) is 0 Å². The first-order valence-corrected chi connectivity index (χ1v) is 7.47. The van der Waals surface area contributed by atoms with E-state index in [1.807, 2.05) is 6.07 Å². The van der Waals surface area contributed by atoms with Crippen molar-refractivity contribution in [2.75, 3.05) is 0 Å². The molecule has 0 aliphatic heterocycles. The number of carbonyl (C=O) groups excluding carboxylic acids is 1. The van der Waals surface area contributed by atoms with E-state index in [1.165, 1.54) is 6.07 Å². The predicted molar refractivity (Wildman–Crippen MR) is 82.8 cm³/mol. The van der Waals surface area contributed by atoms with Crippen LogP contribution in [0, 0.1) is 11.2 Å². The topological polar surface area (TPSA) is 29.1 Å². The number of rotatable bonds is 2. The van der Waals surface area contributed by atoms with Gasteiger partial charge in [-0.2, -0.15) is 0 Å². The van der Waals surface area contributed by atoms with Crippen molar-refractivity contribution in [1.29, 1.82) is 0 Å². The molecular formula is C18H20FNO. The zero-order chi connectivity index (χ0) is 15.0. The minimum absolute atomic E-state index is 0.105. The Bertz CT molecular complexity index is 693. The highest BCUT2D eigenvalue weighted by Crippen LogP contribution is 2.37. The Morgan fingerprint density at radius 2 is 1.90 bits per heavy atom. The highest BCUT2D eigenvalue weighted by atomic mass is 19.1. The number of hydrogen-bond donors (Lipinski definition) is 1. The van der Waals surface area contributed by atoms with Gasteiger partial charge in [-0.25, -0.2) is 4.39 Å². The van der Waals surface area contributed by atoms with Gasteiger partial charge >= 0.3 is 0 Å². The van der Waals surface area contributed by atoms with E-state index in [0.29, 0.717) is 16.3 Å². The third-order valence-corrected chi connectivity index (χ3v) is 4.68. The molecule has 0 heterocycles. The van der Waals surface area contributed by atoms with Gasteiger partial charge in [0.1, 0.15) is 5.82 Å². The Balaban J connectivity index is 1.94. The van der Waals surface area contributed by atoms with Crippen LogP contribution in [-0.2, 0) is 0 Å². The maximum absolute atomic E-state index is 13.8. The average Bonchev–Trinajstić information content (AvgIpc) is 2.78. The zero-order valence-corrected chi connectivity index (χ0v) is 12.4. The van der Waals surface area contributed by atoms with Gasteiger partial charge in [-0.15, -0.1) is 0 Å². The van der Waals surface area contributed by atoms with Crippen molar-refractivity contribution >= 4 is 16.7 Å². The van der Waals surface area contributed by atoms with Gasteiger partial charge in [0.2, 0.25) is 0 Å². The number of hydrogen-bond acceptors (Lipinski definition) is 1.